The Morgan fingerprint density at radius 1 is 0.833 bits per heavy atom. The number of halogens is 6. The van der Waals surface area contributed by atoms with E-state index in [2.05, 4.69) is 51.5 Å². The van der Waals surface area contributed by atoms with Gasteiger partial charge in [0, 0.05) is 5.56 Å². The monoisotopic (exact) mass is 295 g/mol. The van der Waals surface area contributed by atoms with E-state index in [0.717, 1.165) is 11.0 Å². The molecule has 0 saturated carbocycles. The van der Waals surface area contributed by atoms with Crippen molar-refractivity contribution in [2.24, 2.45) is 0 Å². The second kappa shape index (κ2) is 4.38. The van der Waals surface area contributed by atoms with Crippen molar-refractivity contribution in [2.75, 3.05) is 21.1 Å². The summed E-state index contributed by atoms with van der Waals surface area (Å²) in [7, 11) is -4.05. The summed E-state index contributed by atoms with van der Waals surface area (Å²) in [5.74, 6) is 0. The van der Waals surface area contributed by atoms with Crippen LogP contribution in [0.3, 0.4) is 0 Å². The minimum absolute atomic E-state index is 0.990. The molecule has 0 saturated heterocycles. The Hall–Kier alpha value is -0.810. The number of hydrogen-bond acceptors (Lipinski definition) is 0. The zero-order valence-electron chi connectivity index (χ0n) is 10.3. The quantitative estimate of drug-likeness (QED) is 0.396. The summed E-state index contributed by atoms with van der Waals surface area (Å²) in [6.07, 6.45) is 0. The van der Waals surface area contributed by atoms with Crippen LogP contribution >= 0.6 is 7.81 Å². The van der Waals surface area contributed by atoms with Gasteiger partial charge in [0.1, 0.15) is 6.54 Å². The molecule has 108 valence electrons. The predicted octanol–water partition coefficient (Wildman–Crippen LogP) is 5.28. The van der Waals surface area contributed by atoms with Gasteiger partial charge in [-0.15, -0.1) is 0 Å². The van der Waals surface area contributed by atoms with Gasteiger partial charge in [-0.25, -0.2) is 0 Å². The van der Waals surface area contributed by atoms with Crippen LogP contribution in [0.15, 0.2) is 30.3 Å². The molecular formula is C10H16F6NP. The zero-order valence-corrected chi connectivity index (χ0v) is 11.2. The summed E-state index contributed by atoms with van der Waals surface area (Å²) in [6.45, 7) is 1.10. The van der Waals surface area contributed by atoms with Gasteiger partial charge in [0.05, 0.1) is 21.1 Å². The van der Waals surface area contributed by atoms with Crippen molar-refractivity contribution in [3.8, 4) is 0 Å². The van der Waals surface area contributed by atoms with Crippen LogP contribution < -0.4 is 0 Å². The minimum atomic E-state index is -10.7. The Morgan fingerprint density at radius 2 is 1.17 bits per heavy atom. The number of benzene rings is 1. The average Bonchev–Trinajstić information content (AvgIpc) is 1.96. The first-order chi connectivity index (χ1) is 7.53. The van der Waals surface area contributed by atoms with E-state index in [1.807, 2.05) is 0 Å². The van der Waals surface area contributed by atoms with E-state index >= 15 is 0 Å². The molecule has 0 N–H and O–H groups in total. The molecule has 0 unspecified atom stereocenters. The van der Waals surface area contributed by atoms with Crippen LogP contribution in [0, 0.1) is 0 Å². The van der Waals surface area contributed by atoms with Crippen molar-refractivity contribution in [2.45, 2.75) is 6.54 Å². The van der Waals surface area contributed by atoms with Crippen molar-refractivity contribution in [3.05, 3.63) is 35.9 Å². The molecule has 1 nitrogen and oxygen atoms in total. The molecule has 0 aromatic heterocycles. The van der Waals surface area contributed by atoms with E-state index in [-0.39, 0.29) is 0 Å². The summed E-state index contributed by atoms with van der Waals surface area (Å²) < 4.78 is 60.2. The number of rotatable bonds is 2. The molecule has 0 aliphatic heterocycles. The van der Waals surface area contributed by atoms with Gasteiger partial charge in [0.25, 0.3) is 0 Å². The van der Waals surface area contributed by atoms with Crippen molar-refractivity contribution >= 4 is 7.81 Å². The van der Waals surface area contributed by atoms with Gasteiger partial charge in [-0.05, 0) is 0 Å². The maximum atomic E-state index is 9.87. The van der Waals surface area contributed by atoms with Gasteiger partial charge in [-0.2, -0.15) is 0 Å². The molecule has 8 heteroatoms. The molecule has 1 aromatic rings. The molecule has 0 aliphatic rings. The van der Waals surface area contributed by atoms with Crippen molar-refractivity contribution in [1.82, 2.24) is 0 Å². The Morgan fingerprint density at radius 3 is 1.44 bits per heavy atom. The molecule has 0 spiro atoms. The summed E-state index contributed by atoms with van der Waals surface area (Å²) >= 11 is 0. The van der Waals surface area contributed by atoms with E-state index in [1.165, 1.54) is 5.56 Å². The van der Waals surface area contributed by atoms with Crippen molar-refractivity contribution in [3.63, 3.8) is 0 Å². The summed E-state index contributed by atoms with van der Waals surface area (Å²) in [5, 5.41) is 0. The number of hydrogen-bond donors (Lipinski definition) is 0. The Balaban J connectivity index is 0.000000360. The third kappa shape index (κ3) is 20.6. The first-order valence-electron chi connectivity index (χ1n) is 4.94. The fourth-order valence-corrected chi connectivity index (χ4v) is 1.13. The van der Waals surface area contributed by atoms with E-state index in [4.69, 9.17) is 0 Å². The third-order valence-corrected chi connectivity index (χ3v) is 1.50. The summed E-state index contributed by atoms with van der Waals surface area (Å²) in [5.41, 5.74) is 1.40. The Kier molecular flexibility index (Phi) is 4.19. The van der Waals surface area contributed by atoms with Crippen molar-refractivity contribution in [1.29, 1.82) is 0 Å². The first kappa shape index (κ1) is 17.2. The van der Waals surface area contributed by atoms with Crippen LogP contribution in [-0.2, 0) is 6.54 Å². The summed E-state index contributed by atoms with van der Waals surface area (Å²) in [6, 6.07) is 10.6. The molecule has 0 amide bonds. The van der Waals surface area contributed by atoms with E-state index in [9.17, 15) is 25.2 Å². The average molecular weight is 295 g/mol. The third-order valence-electron chi connectivity index (χ3n) is 1.50. The molecule has 1 aromatic carbocycles. The van der Waals surface area contributed by atoms with E-state index in [1.54, 1.807) is 0 Å². The number of quaternary nitrogens is 1. The number of nitrogens with zero attached hydrogens (tertiary/aromatic N) is 1. The van der Waals surface area contributed by atoms with Gasteiger partial charge in [-0.1, -0.05) is 30.3 Å². The Labute approximate surface area is 102 Å². The van der Waals surface area contributed by atoms with E-state index in [0.29, 0.717) is 0 Å². The van der Waals surface area contributed by atoms with E-state index < -0.39 is 7.81 Å². The van der Waals surface area contributed by atoms with Gasteiger partial charge in [0.2, 0.25) is 0 Å². The van der Waals surface area contributed by atoms with Crippen LogP contribution in [0.1, 0.15) is 5.56 Å². The Bertz CT molecular complexity index is 366. The maximum absolute atomic E-state index is 10.7. The molecule has 0 radical (unpaired) electrons. The fraction of sp³-hybridized carbons (Fsp3) is 0.400. The van der Waals surface area contributed by atoms with Crippen LogP contribution in [0.2, 0.25) is 0 Å². The van der Waals surface area contributed by atoms with Crippen LogP contribution in [0.4, 0.5) is 25.2 Å². The second-order valence-electron chi connectivity index (χ2n) is 4.89. The molecule has 0 heterocycles. The van der Waals surface area contributed by atoms with Crippen LogP contribution in [0.25, 0.3) is 0 Å². The molecule has 0 bridgehead atoms. The zero-order chi connectivity index (χ0) is 14.7. The second-order valence-corrected chi connectivity index (χ2v) is 6.81. The van der Waals surface area contributed by atoms with Crippen LogP contribution in [-0.4, -0.2) is 25.6 Å². The normalized spacial score (nSPS) is 16.1. The van der Waals surface area contributed by atoms with Gasteiger partial charge >= 0.3 is 33.0 Å². The standard InChI is InChI=1S/C10H16N.F6P/c1-11(2,3)9-10-7-5-4-6-8-10;1-7(2,3,4,5)6/h4-8H,9H2,1-3H3;/q+1;-1. The predicted molar refractivity (Wildman–Crippen MR) is 61.7 cm³/mol. The topological polar surface area (TPSA) is 0 Å². The molecule has 0 aliphatic carbocycles. The van der Waals surface area contributed by atoms with Crippen LogP contribution in [0.5, 0.6) is 0 Å². The first-order valence-corrected chi connectivity index (χ1v) is 6.96. The fourth-order valence-electron chi connectivity index (χ4n) is 1.13. The molecule has 1 rings (SSSR count). The molecule has 0 fully saturated rings. The molecular weight excluding hydrogens is 279 g/mol. The molecule has 0 atom stereocenters. The van der Waals surface area contributed by atoms with Gasteiger partial charge < -0.3 is 4.48 Å². The SMILES string of the molecule is C[N+](C)(C)Cc1ccccc1.F[P-](F)(F)(F)(F)F. The van der Waals surface area contributed by atoms with Crippen molar-refractivity contribution < 1.29 is 29.7 Å². The van der Waals surface area contributed by atoms with Gasteiger partial charge in [-0.3, -0.25) is 0 Å². The molecule has 18 heavy (non-hydrogen) atoms. The summed E-state index contributed by atoms with van der Waals surface area (Å²) in [4.78, 5) is 0. The van der Waals surface area contributed by atoms with Gasteiger partial charge in [0.15, 0.2) is 0 Å².